The topological polar surface area (TPSA) is 67.4 Å². The molecule has 0 atom stereocenters. The fourth-order valence-electron chi connectivity index (χ4n) is 1.35. The first-order chi connectivity index (χ1) is 9.99. The highest BCUT2D eigenvalue weighted by Crippen LogP contribution is 2.34. The predicted molar refractivity (Wildman–Crippen MR) is 75.9 cm³/mol. The van der Waals surface area contributed by atoms with Crippen LogP contribution >= 0.6 is 11.3 Å². The van der Waals surface area contributed by atoms with Gasteiger partial charge < -0.3 is 15.4 Å². The monoisotopic (exact) mass is 338 g/mol. The zero-order valence-corrected chi connectivity index (χ0v) is 13.2. The van der Waals surface area contributed by atoms with Crippen molar-refractivity contribution in [1.29, 1.82) is 0 Å². The van der Waals surface area contributed by atoms with Crippen LogP contribution in [0.25, 0.3) is 0 Å². The number of alkyl carbamates (subject to hydrolysis) is 1. The number of alkyl halides is 3. The Morgan fingerprint density at radius 2 is 1.73 bits per heavy atom. The highest BCUT2D eigenvalue weighted by molar-refractivity contribution is 7.14. The summed E-state index contributed by atoms with van der Waals surface area (Å²) >= 11 is 0.371. The zero-order chi connectivity index (χ0) is 17.0. The van der Waals surface area contributed by atoms with Crippen molar-refractivity contribution in [1.82, 2.24) is 10.6 Å². The Kier molecular flexibility index (Phi) is 5.81. The van der Waals surface area contributed by atoms with E-state index < -0.39 is 28.7 Å². The molecular weight excluding hydrogens is 321 g/mol. The van der Waals surface area contributed by atoms with Crippen LogP contribution in [0.2, 0.25) is 0 Å². The van der Waals surface area contributed by atoms with Crippen LogP contribution in [0.5, 0.6) is 0 Å². The number of amides is 2. The average molecular weight is 338 g/mol. The van der Waals surface area contributed by atoms with Crippen molar-refractivity contribution in [2.24, 2.45) is 0 Å². The Morgan fingerprint density at radius 1 is 1.14 bits per heavy atom. The number of hydrogen-bond donors (Lipinski definition) is 2. The molecule has 5 nitrogen and oxygen atoms in total. The van der Waals surface area contributed by atoms with E-state index in [0.29, 0.717) is 11.3 Å². The third-order valence-corrected chi connectivity index (χ3v) is 3.32. The van der Waals surface area contributed by atoms with Gasteiger partial charge in [0.15, 0.2) is 0 Å². The van der Waals surface area contributed by atoms with E-state index in [4.69, 9.17) is 4.74 Å². The van der Waals surface area contributed by atoms with Crippen molar-refractivity contribution >= 4 is 23.3 Å². The van der Waals surface area contributed by atoms with Crippen molar-refractivity contribution in [3.63, 3.8) is 0 Å². The fourth-order valence-corrected chi connectivity index (χ4v) is 2.14. The Balaban J connectivity index is 2.35. The van der Waals surface area contributed by atoms with Crippen LogP contribution in [0.1, 0.15) is 35.3 Å². The van der Waals surface area contributed by atoms with Crippen LogP contribution < -0.4 is 10.6 Å². The third-order valence-electron chi connectivity index (χ3n) is 2.19. The fraction of sp³-hybridized carbons (Fsp3) is 0.538. The van der Waals surface area contributed by atoms with Crippen molar-refractivity contribution in [2.45, 2.75) is 32.5 Å². The van der Waals surface area contributed by atoms with Crippen molar-refractivity contribution in [3.05, 3.63) is 21.9 Å². The van der Waals surface area contributed by atoms with Gasteiger partial charge in [0.1, 0.15) is 10.5 Å². The molecule has 0 unspecified atom stereocenters. The molecule has 0 fully saturated rings. The quantitative estimate of drug-likeness (QED) is 0.829. The molecule has 1 rings (SSSR count). The molecule has 0 radical (unpaired) electrons. The highest BCUT2D eigenvalue weighted by Gasteiger charge is 2.33. The van der Waals surface area contributed by atoms with E-state index in [9.17, 15) is 22.8 Å². The molecule has 1 heterocycles. The summed E-state index contributed by atoms with van der Waals surface area (Å²) in [5.74, 6) is -0.619. The number of carbonyl (C=O) groups excluding carboxylic acids is 2. The minimum absolute atomic E-state index is 0.0374. The lowest BCUT2D eigenvalue weighted by Gasteiger charge is -2.19. The third kappa shape index (κ3) is 6.33. The van der Waals surface area contributed by atoms with E-state index in [-0.39, 0.29) is 18.0 Å². The van der Waals surface area contributed by atoms with Gasteiger partial charge in [0.25, 0.3) is 5.91 Å². The number of thiophene rings is 1. The molecular formula is C13H17F3N2O3S. The maximum atomic E-state index is 12.4. The molecule has 0 aliphatic heterocycles. The van der Waals surface area contributed by atoms with Gasteiger partial charge in [-0.1, -0.05) is 0 Å². The van der Waals surface area contributed by atoms with E-state index in [2.05, 4.69) is 10.6 Å². The highest BCUT2D eigenvalue weighted by atomic mass is 32.1. The van der Waals surface area contributed by atoms with E-state index in [1.54, 1.807) is 20.8 Å². The second-order valence-electron chi connectivity index (χ2n) is 5.35. The molecule has 0 aromatic carbocycles. The standard InChI is InChI=1S/C13H17F3N2O3S/c1-12(2,3)21-11(20)18-7-6-17-10(19)8-4-5-9(22-8)13(14,15)16/h4-5H,6-7H2,1-3H3,(H,17,19)(H,18,20). The van der Waals surface area contributed by atoms with Gasteiger partial charge in [-0.25, -0.2) is 4.79 Å². The van der Waals surface area contributed by atoms with Crippen LogP contribution in [0.4, 0.5) is 18.0 Å². The van der Waals surface area contributed by atoms with Crippen LogP contribution in [0, 0.1) is 0 Å². The van der Waals surface area contributed by atoms with Crippen LogP contribution in [-0.2, 0) is 10.9 Å². The smallest absolute Gasteiger partial charge is 0.425 e. The number of ether oxygens (including phenoxy) is 1. The summed E-state index contributed by atoms with van der Waals surface area (Å²) in [6, 6.07) is 1.97. The number of halogens is 3. The molecule has 9 heteroatoms. The van der Waals surface area contributed by atoms with Gasteiger partial charge >= 0.3 is 12.3 Å². The first kappa shape index (κ1) is 18.3. The lowest BCUT2D eigenvalue weighted by atomic mass is 10.2. The summed E-state index contributed by atoms with van der Waals surface area (Å²) in [6.45, 7) is 5.33. The summed E-state index contributed by atoms with van der Waals surface area (Å²) in [4.78, 5) is 22.1. The van der Waals surface area contributed by atoms with Gasteiger partial charge in [0.05, 0.1) is 4.88 Å². The first-order valence-electron chi connectivity index (χ1n) is 6.41. The molecule has 22 heavy (non-hydrogen) atoms. The van der Waals surface area contributed by atoms with Crippen LogP contribution in [0.3, 0.4) is 0 Å². The summed E-state index contributed by atoms with van der Waals surface area (Å²) in [5, 5.41) is 4.84. The molecule has 0 spiro atoms. The minimum Gasteiger partial charge on any atom is -0.444 e. The van der Waals surface area contributed by atoms with Gasteiger partial charge in [-0.15, -0.1) is 11.3 Å². The molecule has 1 aromatic heterocycles. The van der Waals surface area contributed by atoms with E-state index in [0.717, 1.165) is 12.1 Å². The Labute approximate surface area is 129 Å². The van der Waals surface area contributed by atoms with Crippen molar-refractivity contribution in [3.8, 4) is 0 Å². The van der Waals surface area contributed by atoms with Gasteiger partial charge in [-0.3, -0.25) is 4.79 Å². The summed E-state index contributed by atoms with van der Waals surface area (Å²) in [6.07, 6.45) is -5.08. The Morgan fingerprint density at radius 3 is 2.23 bits per heavy atom. The number of rotatable bonds is 4. The second kappa shape index (κ2) is 6.99. The van der Waals surface area contributed by atoms with Crippen molar-refractivity contribution < 1.29 is 27.5 Å². The summed E-state index contributed by atoms with van der Waals surface area (Å²) < 4.78 is 42.2. The summed E-state index contributed by atoms with van der Waals surface area (Å²) in [7, 11) is 0. The van der Waals surface area contributed by atoms with Gasteiger partial charge in [0, 0.05) is 13.1 Å². The number of carbonyl (C=O) groups is 2. The lowest BCUT2D eigenvalue weighted by molar-refractivity contribution is -0.134. The SMILES string of the molecule is CC(C)(C)OC(=O)NCCNC(=O)c1ccc(C(F)(F)F)s1. The molecule has 0 bridgehead atoms. The summed E-state index contributed by atoms with van der Waals surface area (Å²) in [5.41, 5.74) is -0.627. The zero-order valence-electron chi connectivity index (χ0n) is 12.3. The number of hydrogen-bond acceptors (Lipinski definition) is 4. The van der Waals surface area contributed by atoms with E-state index in [1.807, 2.05) is 0 Å². The van der Waals surface area contributed by atoms with E-state index in [1.165, 1.54) is 0 Å². The Hall–Kier alpha value is -1.77. The molecule has 1 aromatic rings. The second-order valence-corrected chi connectivity index (χ2v) is 6.43. The molecule has 0 saturated heterocycles. The predicted octanol–water partition coefficient (Wildman–Crippen LogP) is 3.02. The molecule has 2 N–H and O–H groups in total. The maximum absolute atomic E-state index is 12.4. The minimum atomic E-state index is -4.46. The van der Waals surface area contributed by atoms with Gasteiger partial charge in [-0.05, 0) is 32.9 Å². The lowest BCUT2D eigenvalue weighted by Crippen LogP contribution is -2.37. The number of nitrogens with one attached hydrogen (secondary N) is 2. The largest absolute Gasteiger partial charge is 0.444 e. The van der Waals surface area contributed by atoms with Gasteiger partial charge in [0.2, 0.25) is 0 Å². The van der Waals surface area contributed by atoms with E-state index >= 15 is 0 Å². The van der Waals surface area contributed by atoms with Gasteiger partial charge in [-0.2, -0.15) is 13.2 Å². The first-order valence-corrected chi connectivity index (χ1v) is 7.23. The van der Waals surface area contributed by atoms with Crippen LogP contribution in [-0.4, -0.2) is 30.7 Å². The molecule has 0 aliphatic rings. The average Bonchev–Trinajstić information content (AvgIpc) is 2.81. The molecule has 2 amide bonds. The molecule has 0 aliphatic carbocycles. The molecule has 124 valence electrons. The molecule has 0 saturated carbocycles. The Bertz CT molecular complexity index is 535. The van der Waals surface area contributed by atoms with Crippen molar-refractivity contribution in [2.75, 3.05) is 13.1 Å². The van der Waals surface area contributed by atoms with Crippen LogP contribution in [0.15, 0.2) is 12.1 Å². The maximum Gasteiger partial charge on any atom is 0.425 e. The normalized spacial score (nSPS) is 11.9.